The third kappa shape index (κ3) is 3.58. The molecule has 1 spiro atoms. The zero-order chi connectivity index (χ0) is 31.1. The molecule has 8 aromatic rings. The lowest BCUT2D eigenvalue weighted by atomic mass is 9.70. The van der Waals surface area contributed by atoms with Crippen molar-refractivity contribution in [2.24, 2.45) is 0 Å². The van der Waals surface area contributed by atoms with Crippen molar-refractivity contribution in [3.05, 3.63) is 196 Å². The van der Waals surface area contributed by atoms with E-state index < -0.39 is 5.41 Å². The Morgan fingerprint density at radius 1 is 0.404 bits per heavy atom. The van der Waals surface area contributed by atoms with Gasteiger partial charge in [0.2, 0.25) is 0 Å². The van der Waals surface area contributed by atoms with Gasteiger partial charge in [0.25, 0.3) is 0 Å². The lowest BCUT2D eigenvalue weighted by Crippen LogP contribution is -2.26. The predicted molar refractivity (Wildman–Crippen MR) is 197 cm³/mol. The number of anilines is 3. The SMILES string of the molecule is O=c1c2ccccc2sc2cc3c(cc12)-c1ccccc1C31c2ccccc2-c2ccc(N(c3ccccc3)c3ccccc3)cc21. The van der Waals surface area contributed by atoms with Crippen LogP contribution in [0.15, 0.2) is 169 Å². The number of benzene rings is 7. The molecule has 7 aromatic carbocycles. The highest BCUT2D eigenvalue weighted by atomic mass is 32.1. The summed E-state index contributed by atoms with van der Waals surface area (Å²) in [6.07, 6.45) is 0. The number of hydrogen-bond donors (Lipinski definition) is 0. The number of rotatable bonds is 3. The van der Waals surface area contributed by atoms with E-state index in [1.54, 1.807) is 11.3 Å². The van der Waals surface area contributed by atoms with E-state index in [0.717, 1.165) is 42.8 Å². The third-order valence-corrected chi connectivity index (χ3v) is 11.2. The summed E-state index contributed by atoms with van der Waals surface area (Å²) in [4.78, 5) is 16.2. The van der Waals surface area contributed by atoms with Crippen LogP contribution < -0.4 is 10.3 Å². The summed E-state index contributed by atoms with van der Waals surface area (Å²) in [5, 5.41) is 1.58. The van der Waals surface area contributed by atoms with Crippen molar-refractivity contribution in [1.82, 2.24) is 0 Å². The molecule has 0 amide bonds. The molecule has 1 aromatic heterocycles. The van der Waals surface area contributed by atoms with Crippen LogP contribution in [0.2, 0.25) is 0 Å². The highest BCUT2D eigenvalue weighted by Gasteiger charge is 2.52. The first kappa shape index (κ1) is 26.4. The third-order valence-electron chi connectivity index (χ3n) is 10.1. The first-order chi connectivity index (χ1) is 23.2. The fourth-order valence-corrected chi connectivity index (χ4v) is 9.25. The van der Waals surface area contributed by atoms with Gasteiger partial charge in [0.05, 0.1) is 5.41 Å². The van der Waals surface area contributed by atoms with Gasteiger partial charge in [0, 0.05) is 37.2 Å². The maximum Gasteiger partial charge on any atom is 0.195 e. The van der Waals surface area contributed by atoms with Crippen molar-refractivity contribution in [2.45, 2.75) is 5.41 Å². The fraction of sp³-hybridized carbons (Fsp3) is 0.0227. The van der Waals surface area contributed by atoms with Crippen molar-refractivity contribution < 1.29 is 0 Å². The summed E-state index contributed by atoms with van der Waals surface area (Å²) in [5.74, 6) is 0. The Hall–Kier alpha value is -5.77. The molecule has 0 bridgehead atoms. The van der Waals surface area contributed by atoms with Crippen molar-refractivity contribution in [3.8, 4) is 22.3 Å². The average molecular weight is 618 g/mol. The average Bonchev–Trinajstić information content (AvgIpc) is 3.59. The van der Waals surface area contributed by atoms with Crippen LogP contribution in [0.3, 0.4) is 0 Å². The number of para-hydroxylation sites is 2. The van der Waals surface area contributed by atoms with Gasteiger partial charge in [-0.2, -0.15) is 0 Å². The topological polar surface area (TPSA) is 20.3 Å². The van der Waals surface area contributed by atoms with Crippen LogP contribution in [-0.2, 0) is 5.41 Å². The molecule has 0 N–H and O–H groups in total. The van der Waals surface area contributed by atoms with Gasteiger partial charge >= 0.3 is 0 Å². The molecular formula is C44H27NOS. The van der Waals surface area contributed by atoms with Gasteiger partial charge in [0.15, 0.2) is 5.43 Å². The highest BCUT2D eigenvalue weighted by molar-refractivity contribution is 7.24. The molecule has 10 rings (SSSR count). The van der Waals surface area contributed by atoms with Crippen molar-refractivity contribution in [2.75, 3.05) is 4.90 Å². The molecule has 2 nitrogen and oxygen atoms in total. The molecule has 0 saturated heterocycles. The Labute approximate surface area is 276 Å². The van der Waals surface area contributed by atoms with Gasteiger partial charge in [-0.3, -0.25) is 4.79 Å². The van der Waals surface area contributed by atoms with E-state index >= 15 is 0 Å². The molecule has 0 saturated carbocycles. The minimum atomic E-state index is -0.525. The van der Waals surface area contributed by atoms with Gasteiger partial charge < -0.3 is 4.90 Å². The first-order valence-electron chi connectivity index (χ1n) is 16.0. The molecule has 1 atom stereocenters. The van der Waals surface area contributed by atoms with E-state index in [9.17, 15) is 4.79 Å². The molecule has 0 aliphatic heterocycles. The smallest absolute Gasteiger partial charge is 0.195 e. The Morgan fingerprint density at radius 2 is 0.957 bits per heavy atom. The number of hydrogen-bond acceptors (Lipinski definition) is 3. The van der Waals surface area contributed by atoms with Crippen LogP contribution in [0.5, 0.6) is 0 Å². The van der Waals surface area contributed by atoms with E-state index in [0.29, 0.717) is 0 Å². The second-order valence-electron chi connectivity index (χ2n) is 12.4. The molecule has 0 fully saturated rings. The highest BCUT2D eigenvalue weighted by Crippen LogP contribution is 2.63. The van der Waals surface area contributed by atoms with Crippen molar-refractivity contribution in [3.63, 3.8) is 0 Å². The van der Waals surface area contributed by atoms with Crippen LogP contribution >= 0.6 is 11.3 Å². The zero-order valence-electron chi connectivity index (χ0n) is 25.4. The monoisotopic (exact) mass is 617 g/mol. The van der Waals surface area contributed by atoms with Gasteiger partial charge in [-0.1, -0.05) is 103 Å². The molecule has 2 aliphatic rings. The van der Waals surface area contributed by atoms with Gasteiger partial charge in [-0.15, -0.1) is 11.3 Å². The Morgan fingerprint density at radius 3 is 1.66 bits per heavy atom. The number of nitrogens with zero attached hydrogens (tertiary/aromatic N) is 1. The van der Waals surface area contributed by atoms with Crippen LogP contribution in [0, 0.1) is 0 Å². The van der Waals surface area contributed by atoms with Crippen LogP contribution in [0.1, 0.15) is 22.3 Å². The quantitative estimate of drug-likeness (QED) is 0.184. The molecule has 220 valence electrons. The largest absolute Gasteiger partial charge is 0.310 e. The van der Waals surface area contributed by atoms with E-state index in [1.165, 1.54) is 38.9 Å². The van der Waals surface area contributed by atoms with E-state index in [2.05, 4.69) is 150 Å². The molecule has 0 radical (unpaired) electrons. The van der Waals surface area contributed by atoms with Crippen LogP contribution in [-0.4, -0.2) is 0 Å². The predicted octanol–water partition coefficient (Wildman–Crippen LogP) is 11.2. The maximum atomic E-state index is 13.9. The summed E-state index contributed by atoms with van der Waals surface area (Å²) in [6.45, 7) is 0. The van der Waals surface area contributed by atoms with Gasteiger partial charge in [0.1, 0.15) is 0 Å². The maximum absolute atomic E-state index is 13.9. The summed E-state index contributed by atoms with van der Waals surface area (Å²) < 4.78 is 2.04. The van der Waals surface area contributed by atoms with Gasteiger partial charge in [-0.25, -0.2) is 0 Å². The molecule has 47 heavy (non-hydrogen) atoms. The van der Waals surface area contributed by atoms with Crippen LogP contribution in [0.4, 0.5) is 17.1 Å². The van der Waals surface area contributed by atoms with Crippen LogP contribution in [0.25, 0.3) is 42.4 Å². The summed E-state index contributed by atoms with van der Waals surface area (Å²) in [6, 6.07) is 58.4. The Kier molecular flexibility index (Phi) is 5.55. The molecular weight excluding hydrogens is 591 g/mol. The normalized spacial score (nSPS) is 15.4. The van der Waals surface area contributed by atoms with E-state index in [4.69, 9.17) is 0 Å². The minimum absolute atomic E-state index is 0.103. The molecule has 1 heterocycles. The number of fused-ring (bicyclic) bond motifs is 12. The summed E-state index contributed by atoms with van der Waals surface area (Å²) >= 11 is 1.71. The standard InChI is InChI=1S/C44H27NOS/c46-43-34-19-9-12-22-41(34)47-42-27-40-35(26-36(42)43)32-18-8-11-21-38(32)44(40)37-20-10-7-17-31(37)33-24-23-30(25-39(33)44)45(28-13-3-1-4-14-28)29-15-5-2-6-16-29/h1-27H. The second-order valence-corrected chi connectivity index (χ2v) is 13.5. The van der Waals surface area contributed by atoms with E-state index in [1.807, 2.05) is 18.2 Å². The summed E-state index contributed by atoms with van der Waals surface area (Å²) in [5.41, 5.74) is 12.8. The Bertz CT molecular complexity index is 2570. The first-order valence-corrected chi connectivity index (χ1v) is 16.8. The second kappa shape index (κ2) is 9.86. The molecule has 3 heteroatoms. The van der Waals surface area contributed by atoms with Crippen molar-refractivity contribution >= 4 is 48.6 Å². The Balaban J connectivity index is 1.32. The summed E-state index contributed by atoms with van der Waals surface area (Å²) in [7, 11) is 0. The molecule has 1 unspecified atom stereocenters. The van der Waals surface area contributed by atoms with E-state index in [-0.39, 0.29) is 5.43 Å². The lowest BCUT2D eigenvalue weighted by molar-refractivity contribution is 0.795. The lowest BCUT2D eigenvalue weighted by Gasteiger charge is -2.32. The molecule has 2 aliphatic carbocycles. The zero-order valence-corrected chi connectivity index (χ0v) is 26.2. The van der Waals surface area contributed by atoms with Crippen molar-refractivity contribution in [1.29, 1.82) is 0 Å². The fourth-order valence-electron chi connectivity index (χ4n) is 8.16. The minimum Gasteiger partial charge on any atom is -0.310 e. The van der Waals surface area contributed by atoms with Gasteiger partial charge in [-0.05, 0) is 105 Å².